The highest BCUT2D eigenvalue weighted by Gasteiger charge is 2.25. The summed E-state index contributed by atoms with van der Waals surface area (Å²) in [5.74, 6) is 0.946. The number of nitrogens with zero attached hydrogens (tertiary/aromatic N) is 2. The number of hydrogen-bond donors (Lipinski definition) is 1. The fourth-order valence-electron chi connectivity index (χ4n) is 2.20. The summed E-state index contributed by atoms with van der Waals surface area (Å²) in [6.45, 7) is 4.01. The highest BCUT2D eigenvalue weighted by atomic mass is 32.1. The summed E-state index contributed by atoms with van der Waals surface area (Å²) in [6, 6.07) is 12.9. The van der Waals surface area contributed by atoms with Crippen molar-refractivity contribution in [2.24, 2.45) is 5.92 Å². The lowest BCUT2D eigenvalue weighted by atomic mass is 10.0. The van der Waals surface area contributed by atoms with Gasteiger partial charge in [-0.2, -0.15) is 4.98 Å². The topological polar surface area (TPSA) is 68.0 Å². The van der Waals surface area contributed by atoms with Crippen molar-refractivity contribution < 1.29 is 9.32 Å². The molecule has 1 amide bonds. The van der Waals surface area contributed by atoms with Crippen LogP contribution in [0, 0.1) is 5.92 Å². The molecule has 0 fully saturated rings. The molecule has 118 valence electrons. The van der Waals surface area contributed by atoms with E-state index in [1.807, 2.05) is 55.6 Å². The number of aromatic nitrogens is 2. The Morgan fingerprint density at radius 1 is 1.17 bits per heavy atom. The molecular weight excluding hydrogens is 310 g/mol. The van der Waals surface area contributed by atoms with Crippen molar-refractivity contribution >= 4 is 17.2 Å². The van der Waals surface area contributed by atoms with Gasteiger partial charge in [0.05, 0.1) is 4.88 Å². The number of carbonyl (C=O) groups is 1. The first-order chi connectivity index (χ1) is 11.1. The molecular formula is C17H17N3O2S. The zero-order valence-corrected chi connectivity index (χ0v) is 13.7. The summed E-state index contributed by atoms with van der Waals surface area (Å²) >= 11 is 1.40. The quantitative estimate of drug-likeness (QED) is 0.771. The van der Waals surface area contributed by atoms with Crippen molar-refractivity contribution in [1.82, 2.24) is 15.5 Å². The SMILES string of the molecule is CC(C)C(NC(=O)c1cccs1)c1nc(-c2ccccc2)no1. The second kappa shape index (κ2) is 6.75. The molecule has 2 heterocycles. The molecule has 0 radical (unpaired) electrons. The van der Waals surface area contributed by atoms with Gasteiger partial charge in [0.1, 0.15) is 6.04 Å². The second-order valence-corrected chi connectivity index (χ2v) is 6.44. The average Bonchev–Trinajstić information content (AvgIpc) is 3.24. The predicted octanol–water partition coefficient (Wildman–Crippen LogP) is 3.93. The van der Waals surface area contributed by atoms with E-state index in [1.54, 1.807) is 6.07 Å². The van der Waals surface area contributed by atoms with Crippen molar-refractivity contribution in [1.29, 1.82) is 0 Å². The Morgan fingerprint density at radius 2 is 1.96 bits per heavy atom. The first-order valence-electron chi connectivity index (χ1n) is 7.38. The molecule has 3 aromatic rings. The van der Waals surface area contributed by atoms with Crippen molar-refractivity contribution in [3.05, 3.63) is 58.6 Å². The number of hydrogen-bond acceptors (Lipinski definition) is 5. The molecule has 0 aliphatic heterocycles. The Morgan fingerprint density at radius 3 is 2.61 bits per heavy atom. The largest absolute Gasteiger partial charge is 0.339 e. The Hall–Kier alpha value is -2.47. The molecule has 0 bridgehead atoms. The van der Waals surface area contributed by atoms with Crippen LogP contribution in [0.15, 0.2) is 52.4 Å². The van der Waals surface area contributed by atoms with Crippen LogP contribution in [0.2, 0.25) is 0 Å². The summed E-state index contributed by atoms with van der Waals surface area (Å²) in [6.07, 6.45) is 0. The minimum atomic E-state index is -0.324. The van der Waals surface area contributed by atoms with Crippen LogP contribution in [0.4, 0.5) is 0 Å². The number of amides is 1. The van der Waals surface area contributed by atoms with E-state index in [9.17, 15) is 4.79 Å². The third-order valence-corrected chi connectivity index (χ3v) is 4.31. The molecule has 0 aliphatic carbocycles. The lowest BCUT2D eigenvalue weighted by Gasteiger charge is -2.17. The number of benzene rings is 1. The third kappa shape index (κ3) is 3.48. The van der Waals surface area contributed by atoms with Gasteiger partial charge in [-0.15, -0.1) is 11.3 Å². The summed E-state index contributed by atoms with van der Waals surface area (Å²) < 4.78 is 5.39. The molecule has 0 saturated heterocycles. The molecule has 1 aromatic carbocycles. The van der Waals surface area contributed by atoms with E-state index >= 15 is 0 Å². The zero-order chi connectivity index (χ0) is 16.2. The molecule has 6 heteroatoms. The van der Waals surface area contributed by atoms with E-state index in [-0.39, 0.29) is 17.9 Å². The molecule has 0 saturated carbocycles. The number of thiophene rings is 1. The highest BCUT2D eigenvalue weighted by molar-refractivity contribution is 7.12. The normalized spacial score (nSPS) is 12.3. The molecule has 23 heavy (non-hydrogen) atoms. The average molecular weight is 327 g/mol. The van der Waals surface area contributed by atoms with Crippen LogP contribution in [0.5, 0.6) is 0 Å². The summed E-state index contributed by atoms with van der Waals surface area (Å²) in [5, 5.41) is 8.87. The Bertz CT molecular complexity index is 766. The maximum Gasteiger partial charge on any atom is 0.262 e. The zero-order valence-electron chi connectivity index (χ0n) is 12.9. The van der Waals surface area contributed by atoms with Crippen LogP contribution in [0.25, 0.3) is 11.4 Å². The molecule has 1 atom stereocenters. The summed E-state index contributed by atoms with van der Waals surface area (Å²) in [4.78, 5) is 17.4. The van der Waals surface area contributed by atoms with E-state index in [0.29, 0.717) is 16.6 Å². The molecule has 3 rings (SSSR count). The van der Waals surface area contributed by atoms with Gasteiger partial charge >= 0.3 is 0 Å². The van der Waals surface area contributed by atoms with Crippen LogP contribution in [-0.4, -0.2) is 16.0 Å². The van der Waals surface area contributed by atoms with Crippen molar-refractivity contribution in [3.63, 3.8) is 0 Å². The fourth-order valence-corrected chi connectivity index (χ4v) is 2.83. The maximum atomic E-state index is 12.3. The first-order valence-corrected chi connectivity index (χ1v) is 8.26. The predicted molar refractivity (Wildman–Crippen MR) is 89.1 cm³/mol. The van der Waals surface area contributed by atoms with E-state index in [4.69, 9.17) is 4.52 Å². The van der Waals surface area contributed by atoms with Crippen LogP contribution >= 0.6 is 11.3 Å². The lowest BCUT2D eigenvalue weighted by Crippen LogP contribution is -2.31. The van der Waals surface area contributed by atoms with Gasteiger partial charge in [0.25, 0.3) is 5.91 Å². The Balaban J connectivity index is 1.82. The molecule has 5 nitrogen and oxygen atoms in total. The number of carbonyl (C=O) groups excluding carboxylic acids is 1. The third-order valence-electron chi connectivity index (χ3n) is 3.44. The van der Waals surface area contributed by atoms with Crippen LogP contribution in [0.3, 0.4) is 0 Å². The van der Waals surface area contributed by atoms with Crippen LogP contribution in [-0.2, 0) is 0 Å². The second-order valence-electron chi connectivity index (χ2n) is 5.49. The fraction of sp³-hybridized carbons (Fsp3) is 0.235. The number of nitrogens with one attached hydrogen (secondary N) is 1. The molecule has 2 aromatic heterocycles. The minimum Gasteiger partial charge on any atom is -0.339 e. The van der Waals surface area contributed by atoms with Gasteiger partial charge < -0.3 is 9.84 Å². The van der Waals surface area contributed by atoms with Crippen molar-refractivity contribution in [2.45, 2.75) is 19.9 Å². The standard InChI is InChI=1S/C17H17N3O2S/c1-11(2)14(18-16(21)13-9-6-10-23-13)17-19-15(20-22-17)12-7-4-3-5-8-12/h3-11,14H,1-2H3,(H,18,21). The van der Waals surface area contributed by atoms with Gasteiger partial charge in [-0.25, -0.2) is 0 Å². The van der Waals surface area contributed by atoms with Gasteiger partial charge in [0, 0.05) is 5.56 Å². The lowest BCUT2D eigenvalue weighted by molar-refractivity contribution is 0.0918. The molecule has 1 N–H and O–H groups in total. The smallest absolute Gasteiger partial charge is 0.262 e. The Kier molecular flexibility index (Phi) is 4.52. The van der Waals surface area contributed by atoms with E-state index in [2.05, 4.69) is 15.5 Å². The number of rotatable bonds is 5. The van der Waals surface area contributed by atoms with Crippen LogP contribution in [0.1, 0.15) is 35.5 Å². The van der Waals surface area contributed by atoms with Crippen molar-refractivity contribution in [3.8, 4) is 11.4 Å². The van der Waals surface area contributed by atoms with Gasteiger partial charge in [-0.3, -0.25) is 4.79 Å². The molecule has 0 aliphatic rings. The first kappa shape index (κ1) is 15.4. The monoisotopic (exact) mass is 327 g/mol. The summed E-state index contributed by atoms with van der Waals surface area (Å²) in [7, 11) is 0. The van der Waals surface area contributed by atoms with Crippen LogP contribution < -0.4 is 5.32 Å². The highest BCUT2D eigenvalue weighted by Crippen LogP contribution is 2.24. The van der Waals surface area contributed by atoms with E-state index in [1.165, 1.54) is 11.3 Å². The van der Waals surface area contributed by atoms with E-state index < -0.39 is 0 Å². The Labute approximate surface area is 138 Å². The molecule has 1 unspecified atom stereocenters. The van der Waals surface area contributed by atoms with Gasteiger partial charge in [-0.05, 0) is 17.4 Å². The van der Waals surface area contributed by atoms with Crippen molar-refractivity contribution in [2.75, 3.05) is 0 Å². The van der Waals surface area contributed by atoms with Gasteiger partial charge in [0.15, 0.2) is 0 Å². The minimum absolute atomic E-state index is 0.127. The van der Waals surface area contributed by atoms with Gasteiger partial charge in [0.2, 0.25) is 11.7 Å². The summed E-state index contributed by atoms with van der Waals surface area (Å²) in [5.41, 5.74) is 0.884. The molecule has 0 spiro atoms. The maximum absolute atomic E-state index is 12.3. The van der Waals surface area contributed by atoms with Gasteiger partial charge in [-0.1, -0.05) is 55.4 Å². The van der Waals surface area contributed by atoms with E-state index in [0.717, 1.165) is 5.56 Å².